The molecule has 0 atom stereocenters. The quantitative estimate of drug-likeness (QED) is 0.143. The maximum Gasteiger partial charge on any atom is 0.374 e. The Balaban J connectivity index is 3.22. The average Bonchev–Trinajstić information content (AvgIpc) is 1.65. The number of amidine groups is 1. The van der Waals surface area contributed by atoms with Gasteiger partial charge < -0.3 is 17.5 Å². The van der Waals surface area contributed by atoms with E-state index in [-0.39, 0.29) is 0 Å². The predicted molar refractivity (Wildman–Crippen MR) is 26.8 cm³/mol. The van der Waals surface area contributed by atoms with Crippen LogP contribution in [0.25, 0.3) is 0 Å². The van der Waals surface area contributed by atoms with Crippen molar-refractivity contribution in [1.29, 1.82) is 0 Å². The van der Waals surface area contributed by atoms with Gasteiger partial charge in [-0.15, -0.1) is 8.79 Å². The third-order valence-electron chi connectivity index (χ3n) is 0.193. The van der Waals surface area contributed by atoms with Crippen LogP contribution in [0.3, 0.4) is 0 Å². The minimum absolute atomic E-state index is 0.728. The lowest BCUT2D eigenvalue weighted by Crippen LogP contribution is -2.80. The van der Waals surface area contributed by atoms with Crippen molar-refractivity contribution in [1.82, 2.24) is 0 Å². The van der Waals surface area contributed by atoms with Crippen molar-refractivity contribution in [3.8, 4) is 0 Å². The molecule has 0 aromatic carbocycles. The first-order chi connectivity index (χ1) is 2.81. The average molecular weight is 126 g/mol. The Bertz CT molecular complexity index is 62.6. The Morgan fingerprint density at radius 3 is 2.50 bits per heavy atom. The third-order valence-corrected chi connectivity index (χ3v) is 0.578. The molecule has 0 aromatic rings. The van der Waals surface area contributed by atoms with Crippen LogP contribution in [0.1, 0.15) is 0 Å². The fraction of sp³-hybridized carbons (Fsp3) is 0. The van der Waals surface area contributed by atoms with Crippen LogP contribution in [0.2, 0.25) is 0 Å². The van der Waals surface area contributed by atoms with Crippen LogP contribution < -0.4 is 4.72 Å². The number of hydrogen-bond acceptors (Lipinski definition) is 3. The summed E-state index contributed by atoms with van der Waals surface area (Å²) in [6.45, 7) is 0. The summed E-state index contributed by atoms with van der Waals surface area (Å²) in [6, 6.07) is 0. The lowest BCUT2D eigenvalue weighted by Gasteiger charge is -1.88. The first kappa shape index (κ1) is 6.26. The highest BCUT2D eigenvalue weighted by Gasteiger charge is 1.81. The summed E-state index contributed by atoms with van der Waals surface area (Å²) < 4.78 is 15.0. The molecular weight excluding hydrogens is 123 g/mol. The highest BCUT2D eigenvalue weighted by molar-refractivity contribution is 7.79. The van der Waals surface area contributed by atoms with E-state index in [1.807, 2.05) is 0 Å². The van der Waals surface area contributed by atoms with Gasteiger partial charge >= 0.3 is 6.09 Å². The molecule has 2 nitrogen and oxygen atoms in total. The molecule has 0 saturated carbocycles. The van der Waals surface area contributed by atoms with E-state index in [2.05, 4.69) is 30.0 Å². The van der Waals surface area contributed by atoms with Gasteiger partial charge in [-0.25, -0.2) is 0 Å². The minimum atomic E-state index is -0.728. The van der Waals surface area contributed by atoms with Gasteiger partial charge in [0.15, 0.2) is 0 Å². The summed E-state index contributed by atoms with van der Waals surface area (Å²) in [7, 11) is 0. The van der Waals surface area contributed by atoms with Crippen molar-refractivity contribution in [3.05, 3.63) is 0 Å². The number of quaternary nitrogens is 1. The van der Waals surface area contributed by atoms with Crippen LogP contribution in [-0.4, -0.2) is 6.09 Å². The van der Waals surface area contributed by atoms with Gasteiger partial charge in [-0.2, -0.15) is 0 Å². The van der Waals surface area contributed by atoms with Gasteiger partial charge in [0.25, 0.3) is 0 Å². The molecule has 0 amide bonds. The van der Waals surface area contributed by atoms with Crippen molar-refractivity contribution in [2.45, 2.75) is 0 Å². The Kier molecular flexibility index (Phi) is 3.60. The summed E-state index contributed by atoms with van der Waals surface area (Å²) in [5, 5.41) is 0. The molecule has 0 radical (unpaired) electrons. The SMILES string of the molecule is F/C(=N\S)[NH2+][S-]. The third kappa shape index (κ3) is 2.49. The van der Waals surface area contributed by atoms with Crippen LogP contribution >= 0.6 is 12.8 Å². The van der Waals surface area contributed by atoms with Crippen molar-refractivity contribution < 1.29 is 9.11 Å². The van der Waals surface area contributed by atoms with E-state index < -0.39 is 6.09 Å². The highest BCUT2D eigenvalue weighted by Crippen LogP contribution is 1.70. The van der Waals surface area contributed by atoms with Gasteiger partial charge in [0.05, 0.1) is 0 Å². The maximum atomic E-state index is 11.4. The second-order valence-corrected chi connectivity index (χ2v) is 0.976. The van der Waals surface area contributed by atoms with Gasteiger partial charge in [-0.3, -0.25) is 0 Å². The summed E-state index contributed by atoms with van der Waals surface area (Å²) >= 11 is 7.30. The second kappa shape index (κ2) is 3.45. The Hall–Kier alpha value is 0.260. The summed E-state index contributed by atoms with van der Waals surface area (Å²) in [5.74, 6) is 0. The molecule has 0 aliphatic heterocycles. The number of nitrogens with zero attached hydrogens (tertiary/aromatic N) is 1. The van der Waals surface area contributed by atoms with Crippen molar-refractivity contribution in [2.24, 2.45) is 4.40 Å². The molecule has 0 aromatic heterocycles. The Morgan fingerprint density at radius 1 is 2.00 bits per heavy atom. The van der Waals surface area contributed by atoms with Gasteiger partial charge in [0, 0.05) is 0 Å². The van der Waals surface area contributed by atoms with Crippen molar-refractivity contribution in [3.63, 3.8) is 0 Å². The molecule has 0 fully saturated rings. The molecule has 2 N–H and O–H groups in total. The Morgan fingerprint density at radius 2 is 2.50 bits per heavy atom. The topological polar surface area (TPSA) is 29.0 Å². The molecule has 5 heteroatoms. The van der Waals surface area contributed by atoms with E-state index in [4.69, 9.17) is 0 Å². The first-order valence-corrected chi connectivity index (χ1v) is 2.01. The van der Waals surface area contributed by atoms with Crippen molar-refractivity contribution in [2.75, 3.05) is 0 Å². The van der Waals surface area contributed by atoms with Crippen LogP contribution in [0.4, 0.5) is 4.39 Å². The van der Waals surface area contributed by atoms with E-state index in [1.165, 1.54) is 0 Å². The monoisotopic (exact) mass is 126 g/mol. The predicted octanol–water partition coefficient (Wildman–Crippen LogP) is -0.818. The van der Waals surface area contributed by atoms with E-state index in [9.17, 15) is 4.39 Å². The number of nitrogens with two attached hydrogens (primary N) is 1. The van der Waals surface area contributed by atoms with Gasteiger partial charge in [0.2, 0.25) is 0 Å². The largest absolute Gasteiger partial charge is 0.488 e. The van der Waals surface area contributed by atoms with Crippen molar-refractivity contribution >= 4 is 31.7 Å². The number of halogens is 1. The number of rotatable bonds is 0. The summed E-state index contributed by atoms with van der Waals surface area (Å²) in [6.07, 6.45) is -0.728. The highest BCUT2D eigenvalue weighted by atomic mass is 32.1. The van der Waals surface area contributed by atoms with E-state index in [0.29, 0.717) is 0 Å². The zero-order valence-corrected chi connectivity index (χ0v) is 4.47. The summed E-state index contributed by atoms with van der Waals surface area (Å²) in [5.41, 5.74) is 0. The van der Waals surface area contributed by atoms with Crippen LogP contribution in [0, 0.1) is 0 Å². The fourth-order valence-electron chi connectivity index (χ4n) is 0.0236. The molecular formula is CH3FN2S2. The zero-order chi connectivity index (χ0) is 4.99. The van der Waals surface area contributed by atoms with Gasteiger partial charge in [-0.05, 0) is 12.8 Å². The number of thiol groups is 1. The Labute approximate surface area is 45.9 Å². The molecule has 0 aliphatic carbocycles. The van der Waals surface area contributed by atoms with Gasteiger partial charge in [0.1, 0.15) is 0 Å². The molecule has 0 unspecified atom stereocenters. The molecule has 0 rings (SSSR count). The molecule has 0 spiro atoms. The standard InChI is InChI=1S/CH3FN2S2/c2-1(3-5)4-6/h6H,3H2/b4-1+. The van der Waals surface area contributed by atoms with E-state index in [1.54, 1.807) is 0 Å². The fourth-order valence-corrected chi connectivity index (χ4v) is 0.212. The number of hydrogen-bond donors (Lipinski definition) is 2. The normalized spacial score (nSPS) is 12.2. The molecule has 0 saturated heterocycles. The second-order valence-electron chi connectivity index (χ2n) is 0.541. The van der Waals surface area contributed by atoms with Gasteiger partial charge in [-0.1, -0.05) is 0 Å². The maximum absolute atomic E-state index is 11.4. The molecule has 0 aliphatic rings. The zero-order valence-electron chi connectivity index (χ0n) is 2.76. The lowest BCUT2D eigenvalue weighted by molar-refractivity contribution is -0.352. The van der Waals surface area contributed by atoms with Crippen LogP contribution in [-0.2, 0) is 12.8 Å². The molecule has 6 heavy (non-hydrogen) atoms. The molecule has 0 bridgehead atoms. The van der Waals surface area contributed by atoms with Crippen LogP contribution in [0.5, 0.6) is 0 Å². The summed E-state index contributed by atoms with van der Waals surface area (Å²) in [4.78, 5) is 0. The van der Waals surface area contributed by atoms with Crippen LogP contribution in [0.15, 0.2) is 4.40 Å². The smallest absolute Gasteiger partial charge is 0.374 e. The minimum Gasteiger partial charge on any atom is -0.488 e. The molecule has 0 heterocycles. The first-order valence-electron chi connectivity index (χ1n) is 1.14. The van der Waals surface area contributed by atoms with E-state index in [0.717, 1.165) is 4.72 Å². The lowest BCUT2D eigenvalue weighted by atomic mass is 11.3. The van der Waals surface area contributed by atoms with E-state index >= 15 is 0 Å². The molecule has 36 valence electrons.